The van der Waals surface area contributed by atoms with E-state index in [4.69, 9.17) is 21.1 Å². The summed E-state index contributed by atoms with van der Waals surface area (Å²) in [6.07, 6.45) is 10.3. The number of hydrogen-bond donors (Lipinski definition) is 2. The number of ether oxygens (including phenoxy) is 2. The number of nitrogens with one attached hydrogen (secondary N) is 2. The Balaban J connectivity index is 1.52. The Morgan fingerprint density at radius 3 is 2.76 bits per heavy atom. The lowest BCUT2D eigenvalue weighted by Crippen LogP contribution is -2.51. The van der Waals surface area contributed by atoms with E-state index in [1.807, 2.05) is 18.2 Å². The van der Waals surface area contributed by atoms with Crippen LogP contribution in [0.25, 0.3) is 0 Å². The second kappa shape index (κ2) is 10.2. The summed E-state index contributed by atoms with van der Waals surface area (Å²) in [5.74, 6) is -0.840. The zero-order valence-electron chi connectivity index (χ0n) is 18.5. The van der Waals surface area contributed by atoms with Crippen molar-refractivity contribution in [2.75, 3.05) is 5.32 Å². The molecule has 1 aliphatic carbocycles. The van der Waals surface area contributed by atoms with Crippen LogP contribution in [0.15, 0.2) is 66.0 Å². The van der Waals surface area contributed by atoms with E-state index in [9.17, 15) is 14.4 Å². The van der Waals surface area contributed by atoms with Crippen LogP contribution >= 0.6 is 34.2 Å². The molecule has 0 radical (unpaired) electrons. The van der Waals surface area contributed by atoms with Crippen LogP contribution in [0.2, 0.25) is 5.02 Å². The van der Waals surface area contributed by atoms with E-state index < -0.39 is 29.9 Å². The standard InChI is InChI=1S/C24H23ClIN3O5/c1-13(2)21(22(30)27-17-9-8-15(26)10-16(17)25)29-23(31)20(28-24(29)32)19-12-33-11-18(34-19)14-6-4-3-5-7-14/h3-4,6,8-13,20-21H,5,7H2,1-2H3,(H,27,30)(H,28,32)/t20-,21+/m1/s1. The molecule has 2 atom stereocenters. The van der Waals surface area contributed by atoms with E-state index in [0.717, 1.165) is 26.9 Å². The molecule has 0 unspecified atom stereocenters. The molecule has 0 spiro atoms. The molecule has 1 fully saturated rings. The van der Waals surface area contributed by atoms with Gasteiger partial charge >= 0.3 is 6.03 Å². The lowest BCUT2D eigenvalue weighted by Gasteiger charge is -2.28. The van der Waals surface area contributed by atoms with Crippen LogP contribution < -0.4 is 10.6 Å². The molecule has 178 valence electrons. The van der Waals surface area contributed by atoms with E-state index in [2.05, 4.69) is 33.2 Å². The third kappa shape index (κ3) is 5.00. The predicted octanol–water partition coefficient (Wildman–Crippen LogP) is 4.83. The maximum absolute atomic E-state index is 13.3. The molecule has 1 saturated heterocycles. The van der Waals surface area contributed by atoms with Gasteiger partial charge in [-0.05, 0) is 65.1 Å². The molecular weight excluding hydrogens is 573 g/mol. The van der Waals surface area contributed by atoms with Gasteiger partial charge in [0.15, 0.2) is 17.6 Å². The predicted molar refractivity (Wildman–Crippen MR) is 135 cm³/mol. The molecule has 0 saturated carbocycles. The highest BCUT2D eigenvalue weighted by atomic mass is 127. The molecule has 8 nitrogen and oxygen atoms in total. The maximum Gasteiger partial charge on any atom is 0.325 e. The quantitative estimate of drug-likeness (QED) is 0.363. The highest BCUT2D eigenvalue weighted by molar-refractivity contribution is 14.1. The number of carbonyl (C=O) groups excluding carboxylic acids is 3. The number of anilines is 1. The summed E-state index contributed by atoms with van der Waals surface area (Å²) >= 11 is 8.36. The fraction of sp³-hybridized carbons (Fsp3) is 0.292. The number of benzene rings is 1. The first kappa shape index (κ1) is 24.3. The number of halogens is 2. The number of nitrogens with zero attached hydrogens (tertiary/aromatic N) is 1. The van der Waals surface area contributed by atoms with Crippen molar-refractivity contribution in [3.8, 4) is 0 Å². The lowest BCUT2D eigenvalue weighted by atomic mass is 10.0. The highest BCUT2D eigenvalue weighted by Crippen LogP contribution is 2.30. The smallest absolute Gasteiger partial charge is 0.325 e. The number of allylic oxidation sites excluding steroid dienone is 4. The van der Waals surface area contributed by atoms with Crippen molar-refractivity contribution in [3.63, 3.8) is 0 Å². The van der Waals surface area contributed by atoms with Gasteiger partial charge in [-0.3, -0.25) is 9.59 Å². The first-order valence-corrected chi connectivity index (χ1v) is 12.2. The second-order valence-electron chi connectivity index (χ2n) is 8.29. The van der Waals surface area contributed by atoms with Crippen LogP contribution in [0, 0.1) is 9.49 Å². The average molecular weight is 596 g/mol. The molecule has 4 rings (SSSR count). The number of carbonyl (C=O) groups is 3. The molecule has 2 N–H and O–H groups in total. The van der Waals surface area contributed by atoms with Crippen LogP contribution in [0.5, 0.6) is 0 Å². The minimum atomic E-state index is -1.10. The summed E-state index contributed by atoms with van der Waals surface area (Å²) in [6.45, 7) is 3.52. The van der Waals surface area contributed by atoms with Gasteiger partial charge in [0.2, 0.25) is 5.91 Å². The van der Waals surface area contributed by atoms with Gasteiger partial charge in [0.1, 0.15) is 18.6 Å². The monoisotopic (exact) mass is 595 g/mol. The number of hydrogen-bond acceptors (Lipinski definition) is 5. The van der Waals surface area contributed by atoms with Gasteiger partial charge in [0, 0.05) is 3.57 Å². The Morgan fingerprint density at radius 2 is 2.09 bits per heavy atom. The zero-order chi connectivity index (χ0) is 24.4. The topological polar surface area (TPSA) is 97.0 Å². The molecule has 1 aromatic carbocycles. The highest BCUT2D eigenvalue weighted by Gasteiger charge is 2.48. The van der Waals surface area contributed by atoms with Gasteiger partial charge in [-0.1, -0.05) is 43.7 Å². The van der Waals surface area contributed by atoms with Crippen LogP contribution in [-0.4, -0.2) is 34.8 Å². The molecule has 4 amide bonds. The second-order valence-corrected chi connectivity index (χ2v) is 9.95. The van der Waals surface area contributed by atoms with Crippen molar-refractivity contribution in [3.05, 3.63) is 74.6 Å². The normalized spacial score (nSPS) is 20.7. The van der Waals surface area contributed by atoms with Gasteiger partial charge in [-0.2, -0.15) is 0 Å². The Labute approximate surface area is 215 Å². The zero-order valence-corrected chi connectivity index (χ0v) is 21.4. The van der Waals surface area contributed by atoms with E-state index in [-0.39, 0.29) is 11.7 Å². The van der Waals surface area contributed by atoms with E-state index >= 15 is 0 Å². The molecule has 1 aromatic rings. The van der Waals surface area contributed by atoms with Crippen molar-refractivity contribution >= 4 is 57.7 Å². The van der Waals surface area contributed by atoms with Crippen LogP contribution in [-0.2, 0) is 19.1 Å². The van der Waals surface area contributed by atoms with Gasteiger partial charge in [-0.25, -0.2) is 9.69 Å². The Hall–Kier alpha value is -2.79. The van der Waals surface area contributed by atoms with Gasteiger partial charge in [-0.15, -0.1) is 0 Å². The molecule has 0 aromatic heterocycles. The Bertz CT molecular complexity index is 1160. The van der Waals surface area contributed by atoms with Gasteiger partial charge in [0.05, 0.1) is 10.7 Å². The number of urea groups is 1. The third-order valence-corrected chi connectivity index (χ3v) is 6.52. The Kier molecular flexibility index (Phi) is 7.32. The minimum absolute atomic E-state index is 0.150. The summed E-state index contributed by atoms with van der Waals surface area (Å²) in [5, 5.41) is 5.72. The number of amides is 4. The molecule has 10 heteroatoms. The summed E-state index contributed by atoms with van der Waals surface area (Å²) in [6, 6.07) is 2.34. The summed E-state index contributed by atoms with van der Waals surface area (Å²) in [5.41, 5.74) is 1.33. The van der Waals surface area contributed by atoms with Crippen molar-refractivity contribution < 1.29 is 23.9 Å². The SMILES string of the molecule is CC(C)[C@@H](C(=O)Nc1ccc(I)cc1Cl)N1C(=O)N[C@H](C2=COC=C(C3=CC=CCC3)O2)C1=O. The fourth-order valence-corrected chi connectivity index (χ4v) is 4.78. The number of rotatable bonds is 6. The van der Waals surface area contributed by atoms with Crippen LogP contribution in [0.3, 0.4) is 0 Å². The Morgan fingerprint density at radius 1 is 1.29 bits per heavy atom. The van der Waals surface area contributed by atoms with E-state index in [0.29, 0.717) is 16.5 Å². The van der Waals surface area contributed by atoms with Gasteiger partial charge < -0.3 is 20.1 Å². The van der Waals surface area contributed by atoms with E-state index in [1.54, 1.807) is 32.0 Å². The van der Waals surface area contributed by atoms with Crippen molar-refractivity contribution in [2.24, 2.45) is 5.92 Å². The van der Waals surface area contributed by atoms with Gasteiger partial charge in [0.25, 0.3) is 5.91 Å². The number of imide groups is 1. The average Bonchev–Trinajstić information content (AvgIpc) is 3.10. The molecule has 2 aliphatic heterocycles. The largest absolute Gasteiger partial charge is 0.465 e. The summed E-state index contributed by atoms with van der Waals surface area (Å²) < 4.78 is 12.2. The first-order chi connectivity index (χ1) is 16.3. The first-order valence-electron chi connectivity index (χ1n) is 10.8. The van der Waals surface area contributed by atoms with Crippen molar-refractivity contribution in [2.45, 2.75) is 38.8 Å². The third-order valence-electron chi connectivity index (χ3n) is 5.54. The van der Waals surface area contributed by atoms with E-state index in [1.165, 1.54) is 12.5 Å². The van der Waals surface area contributed by atoms with Crippen LogP contribution in [0.1, 0.15) is 26.7 Å². The molecule has 2 heterocycles. The van der Waals surface area contributed by atoms with Crippen LogP contribution in [0.4, 0.5) is 10.5 Å². The molecule has 0 bridgehead atoms. The van der Waals surface area contributed by atoms with Crippen molar-refractivity contribution in [1.82, 2.24) is 10.2 Å². The van der Waals surface area contributed by atoms with Crippen molar-refractivity contribution in [1.29, 1.82) is 0 Å². The molecule has 34 heavy (non-hydrogen) atoms. The summed E-state index contributed by atoms with van der Waals surface area (Å²) in [7, 11) is 0. The molecule has 3 aliphatic rings. The maximum atomic E-state index is 13.3. The molecular formula is C24H23ClIN3O5. The lowest BCUT2D eigenvalue weighted by molar-refractivity contribution is -0.135. The summed E-state index contributed by atoms with van der Waals surface area (Å²) in [4.78, 5) is 40.3. The fourth-order valence-electron chi connectivity index (χ4n) is 3.88. The minimum Gasteiger partial charge on any atom is -0.465 e.